The Morgan fingerprint density at radius 2 is 2.04 bits per heavy atom. The zero-order chi connectivity index (χ0) is 15.7. The number of piperidine rings is 1. The van der Waals surface area contributed by atoms with E-state index in [1.54, 1.807) is 6.07 Å². The van der Waals surface area contributed by atoms with Crippen molar-refractivity contribution in [1.29, 1.82) is 0 Å². The second kappa shape index (κ2) is 4.75. The number of fused-ring (bicyclic) bond motifs is 1. The van der Waals surface area contributed by atoms with Gasteiger partial charge in [-0.05, 0) is 36.8 Å². The van der Waals surface area contributed by atoms with E-state index in [2.05, 4.69) is 13.1 Å². The van der Waals surface area contributed by atoms with E-state index in [1.807, 2.05) is 6.07 Å². The predicted molar refractivity (Wildman–Crippen MR) is 90.3 cm³/mol. The van der Waals surface area contributed by atoms with Crippen LogP contribution in [0.5, 0.6) is 5.75 Å². The van der Waals surface area contributed by atoms with E-state index in [9.17, 15) is 5.11 Å². The maximum atomic E-state index is 12.1. The summed E-state index contributed by atoms with van der Waals surface area (Å²) in [5.41, 5.74) is 3.31. The van der Waals surface area contributed by atoms with Gasteiger partial charge < -0.3 is 9.59 Å². The Hall–Kier alpha value is -1.02. The van der Waals surface area contributed by atoms with Crippen molar-refractivity contribution in [2.45, 2.75) is 62.8 Å². The third-order valence-corrected chi connectivity index (χ3v) is 7.85. The number of hydrogen-bond donors (Lipinski definition) is 0. The van der Waals surface area contributed by atoms with E-state index in [1.165, 1.54) is 80.1 Å². The predicted octanol–water partition coefficient (Wildman–Crippen LogP) is 3.37. The minimum atomic E-state index is 0.224. The molecule has 124 valence electrons. The van der Waals surface area contributed by atoms with Gasteiger partial charge in [-0.15, -0.1) is 5.75 Å². The van der Waals surface area contributed by atoms with Crippen LogP contribution in [0.3, 0.4) is 0 Å². The second-order valence-electron chi connectivity index (χ2n) is 9.18. The summed E-state index contributed by atoms with van der Waals surface area (Å²) in [5.74, 6) is 2.05. The Kier molecular flexibility index (Phi) is 2.96. The summed E-state index contributed by atoms with van der Waals surface area (Å²) < 4.78 is 1.32. The van der Waals surface area contributed by atoms with Gasteiger partial charge in [-0.3, -0.25) is 0 Å². The van der Waals surface area contributed by atoms with Crippen molar-refractivity contribution in [2.75, 3.05) is 20.1 Å². The Bertz CT molecular complexity index is 637. The van der Waals surface area contributed by atoms with E-state index in [0.717, 1.165) is 17.9 Å². The molecule has 2 heteroatoms. The van der Waals surface area contributed by atoms with Crippen LogP contribution in [0.4, 0.5) is 0 Å². The lowest BCUT2D eigenvalue weighted by Crippen LogP contribution is -2.68. The molecular formula is C21H29NO. The van der Waals surface area contributed by atoms with Crippen LogP contribution in [0.1, 0.15) is 56.1 Å². The first-order valence-corrected chi connectivity index (χ1v) is 9.75. The van der Waals surface area contributed by atoms with Crippen molar-refractivity contribution in [1.82, 2.24) is 0 Å². The molecule has 0 spiro atoms. The first kappa shape index (κ1) is 14.3. The number of hydrogen-bond acceptors (Lipinski definition) is 1. The van der Waals surface area contributed by atoms with Gasteiger partial charge in [-0.1, -0.05) is 31.0 Å². The largest absolute Gasteiger partial charge is 0.872 e. The van der Waals surface area contributed by atoms with Crippen molar-refractivity contribution in [2.24, 2.45) is 11.8 Å². The van der Waals surface area contributed by atoms with Crippen LogP contribution >= 0.6 is 0 Å². The minimum Gasteiger partial charge on any atom is -0.872 e. The van der Waals surface area contributed by atoms with Crippen LogP contribution in [0, 0.1) is 11.8 Å². The van der Waals surface area contributed by atoms with Crippen molar-refractivity contribution in [3.63, 3.8) is 0 Å². The van der Waals surface area contributed by atoms with Gasteiger partial charge in [0, 0.05) is 30.1 Å². The molecule has 1 saturated heterocycles. The molecular weight excluding hydrogens is 282 g/mol. The first-order chi connectivity index (χ1) is 11.1. The lowest BCUT2D eigenvalue weighted by molar-refractivity contribution is -0.946. The molecule has 0 amide bonds. The van der Waals surface area contributed by atoms with E-state index in [-0.39, 0.29) is 5.75 Å². The lowest BCUT2D eigenvalue weighted by atomic mass is 9.52. The van der Waals surface area contributed by atoms with Gasteiger partial charge in [0.05, 0.1) is 26.2 Å². The SMILES string of the molecule is C[N@+]1(CC2CC2)CC[C@@]23CCCC[C@H]2[C@@H]1Cc1ccc([O-])cc13. The van der Waals surface area contributed by atoms with Crippen LogP contribution < -0.4 is 5.11 Å². The molecule has 23 heavy (non-hydrogen) atoms. The smallest absolute Gasteiger partial charge is 0.0966 e. The highest BCUT2D eigenvalue weighted by Crippen LogP contribution is 2.58. The van der Waals surface area contributed by atoms with E-state index < -0.39 is 0 Å². The maximum Gasteiger partial charge on any atom is 0.0966 e. The molecule has 2 bridgehead atoms. The van der Waals surface area contributed by atoms with Gasteiger partial charge in [0.25, 0.3) is 0 Å². The number of rotatable bonds is 2. The Morgan fingerprint density at radius 1 is 1.17 bits per heavy atom. The molecule has 4 atom stereocenters. The molecule has 1 aromatic carbocycles. The van der Waals surface area contributed by atoms with E-state index in [0.29, 0.717) is 5.41 Å². The molecule has 1 aliphatic heterocycles. The third kappa shape index (κ3) is 2.03. The highest BCUT2D eigenvalue weighted by atomic mass is 16.3. The fourth-order valence-corrected chi connectivity index (χ4v) is 6.56. The summed E-state index contributed by atoms with van der Waals surface area (Å²) in [6, 6.07) is 6.79. The molecule has 1 heterocycles. The molecule has 0 radical (unpaired) electrons. The Labute approximate surface area is 140 Å². The summed E-state index contributed by atoms with van der Waals surface area (Å²) in [5, 5.41) is 12.1. The van der Waals surface area contributed by atoms with Crippen LogP contribution in [-0.4, -0.2) is 30.7 Å². The zero-order valence-electron chi connectivity index (χ0n) is 14.4. The standard InChI is InChI=1S/C21H29NO/c1-22(14-15-5-6-15)11-10-21-9-3-2-4-18(21)20(22)12-16-7-8-17(23)13-19(16)21/h7-8,13,15,18,20H,2-6,9-12,14H2,1H3/t18-,20-,21-,22+/m0/s1. The number of likely N-dealkylation sites (tertiary alicyclic amines) is 1. The topological polar surface area (TPSA) is 23.1 Å². The average Bonchev–Trinajstić information content (AvgIpc) is 3.35. The molecule has 0 aromatic heterocycles. The molecule has 2 saturated carbocycles. The number of likely N-dealkylation sites (N-methyl/N-ethyl adjacent to an activating group) is 1. The Morgan fingerprint density at radius 3 is 2.87 bits per heavy atom. The van der Waals surface area contributed by atoms with Crippen molar-refractivity contribution in [3.05, 3.63) is 29.3 Å². The normalized spacial score (nSPS) is 42.0. The van der Waals surface area contributed by atoms with E-state index >= 15 is 0 Å². The van der Waals surface area contributed by atoms with E-state index in [4.69, 9.17) is 0 Å². The number of nitrogens with zero attached hydrogens (tertiary/aromatic N) is 1. The maximum absolute atomic E-state index is 12.1. The van der Waals surface area contributed by atoms with Crippen molar-refractivity contribution < 1.29 is 9.59 Å². The average molecular weight is 311 g/mol. The summed E-state index contributed by atoms with van der Waals surface area (Å²) in [6.07, 6.45) is 10.9. The Balaban J connectivity index is 1.62. The summed E-state index contributed by atoms with van der Waals surface area (Å²) in [4.78, 5) is 0. The molecule has 0 N–H and O–H groups in total. The van der Waals surface area contributed by atoms with Crippen LogP contribution in [-0.2, 0) is 11.8 Å². The molecule has 4 aliphatic rings. The fourth-order valence-electron chi connectivity index (χ4n) is 6.56. The first-order valence-electron chi connectivity index (χ1n) is 9.75. The minimum absolute atomic E-state index is 0.224. The monoisotopic (exact) mass is 311 g/mol. The van der Waals surface area contributed by atoms with Crippen LogP contribution in [0.2, 0.25) is 0 Å². The summed E-state index contributed by atoms with van der Waals surface area (Å²) in [6.45, 7) is 2.74. The quantitative estimate of drug-likeness (QED) is 0.768. The van der Waals surface area contributed by atoms with Gasteiger partial charge in [0.15, 0.2) is 0 Å². The third-order valence-electron chi connectivity index (χ3n) is 7.85. The molecule has 3 fully saturated rings. The number of quaternary nitrogens is 1. The van der Waals surface area contributed by atoms with Gasteiger partial charge in [0.2, 0.25) is 0 Å². The molecule has 1 aromatic rings. The van der Waals surface area contributed by atoms with Gasteiger partial charge >= 0.3 is 0 Å². The van der Waals surface area contributed by atoms with Gasteiger partial charge in [0.1, 0.15) is 0 Å². The second-order valence-corrected chi connectivity index (χ2v) is 9.18. The highest BCUT2D eigenvalue weighted by molar-refractivity contribution is 5.44. The van der Waals surface area contributed by atoms with Gasteiger partial charge in [-0.2, -0.15) is 0 Å². The molecule has 0 unspecified atom stereocenters. The van der Waals surface area contributed by atoms with Gasteiger partial charge in [-0.25, -0.2) is 0 Å². The van der Waals surface area contributed by atoms with Crippen molar-refractivity contribution >= 4 is 0 Å². The summed E-state index contributed by atoms with van der Waals surface area (Å²) >= 11 is 0. The highest BCUT2D eigenvalue weighted by Gasteiger charge is 2.59. The van der Waals surface area contributed by atoms with Crippen LogP contribution in [0.25, 0.3) is 0 Å². The zero-order valence-corrected chi connectivity index (χ0v) is 14.4. The molecule has 2 nitrogen and oxygen atoms in total. The molecule has 3 aliphatic carbocycles. The van der Waals surface area contributed by atoms with Crippen molar-refractivity contribution in [3.8, 4) is 5.75 Å². The van der Waals surface area contributed by atoms with Crippen LogP contribution in [0.15, 0.2) is 18.2 Å². The number of benzene rings is 1. The summed E-state index contributed by atoms with van der Waals surface area (Å²) in [7, 11) is 2.55. The lowest BCUT2D eigenvalue weighted by Gasteiger charge is -2.61. The fraction of sp³-hybridized carbons (Fsp3) is 0.714. The molecule has 5 rings (SSSR count).